The number of hydrogen-bond acceptors (Lipinski definition) is 3. The van der Waals surface area contributed by atoms with Crippen molar-refractivity contribution in [2.75, 3.05) is 18.5 Å². The lowest BCUT2D eigenvalue weighted by Crippen LogP contribution is -2.47. The van der Waals surface area contributed by atoms with Crippen molar-refractivity contribution in [2.45, 2.75) is 38.8 Å². The molecule has 0 radical (unpaired) electrons. The Bertz CT molecular complexity index is 411. The molecule has 4 nitrogen and oxygen atoms in total. The van der Waals surface area contributed by atoms with E-state index in [2.05, 4.69) is 10.6 Å². The molecule has 2 unspecified atom stereocenters. The second-order valence-electron chi connectivity index (χ2n) is 5.16. The predicted octanol–water partition coefficient (Wildman–Crippen LogP) is 2.09. The van der Waals surface area contributed by atoms with Gasteiger partial charge in [0.05, 0.1) is 12.6 Å². The van der Waals surface area contributed by atoms with Crippen molar-refractivity contribution in [2.24, 2.45) is 0 Å². The van der Waals surface area contributed by atoms with Crippen LogP contribution < -0.4 is 10.6 Å². The molecule has 0 aliphatic carbocycles. The van der Waals surface area contributed by atoms with E-state index in [0.29, 0.717) is 6.61 Å². The molecule has 104 valence electrons. The molecule has 0 saturated carbocycles. The number of benzene rings is 1. The summed E-state index contributed by atoms with van der Waals surface area (Å²) in [5.74, 6) is -0.00516. The summed E-state index contributed by atoms with van der Waals surface area (Å²) in [6.45, 7) is 5.45. The summed E-state index contributed by atoms with van der Waals surface area (Å²) in [4.78, 5) is 12.1. The molecule has 1 aliphatic rings. The van der Waals surface area contributed by atoms with Crippen LogP contribution in [-0.4, -0.2) is 31.2 Å². The van der Waals surface area contributed by atoms with Crippen LogP contribution in [0, 0.1) is 6.92 Å². The average Bonchev–Trinajstić information content (AvgIpc) is 2.42. The van der Waals surface area contributed by atoms with Crippen molar-refractivity contribution in [1.29, 1.82) is 0 Å². The van der Waals surface area contributed by atoms with E-state index in [1.165, 1.54) is 5.56 Å². The lowest BCUT2D eigenvalue weighted by molar-refractivity contribution is -0.118. The molecular formula is C15H22N2O2. The second-order valence-corrected chi connectivity index (χ2v) is 5.16. The number of carbonyl (C=O) groups is 1. The molecule has 1 fully saturated rings. The van der Waals surface area contributed by atoms with Gasteiger partial charge in [0.15, 0.2) is 0 Å². The van der Waals surface area contributed by atoms with Gasteiger partial charge in [0.25, 0.3) is 0 Å². The Morgan fingerprint density at radius 2 is 2.11 bits per heavy atom. The molecule has 19 heavy (non-hydrogen) atoms. The van der Waals surface area contributed by atoms with E-state index in [4.69, 9.17) is 4.74 Å². The smallest absolute Gasteiger partial charge is 0.241 e. The lowest BCUT2D eigenvalue weighted by atomic mass is 10.1. The van der Waals surface area contributed by atoms with E-state index < -0.39 is 0 Å². The SMILES string of the molecule is Cc1ccc(NC(=O)C(C)NC2CCCOC2)cc1. The Kier molecular flexibility index (Phi) is 4.93. The van der Waals surface area contributed by atoms with Gasteiger partial charge in [-0.2, -0.15) is 0 Å². The minimum absolute atomic E-state index is 0.00516. The van der Waals surface area contributed by atoms with Crippen LogP contribution in [0.2, 0.25) is 0 Å². The molecule has 1 heterocycles. The minimum atomic E-state index is -0.215. The first-order valence-electron chi connectivity index (χ1n) is 6.86. The molecule has 1 aromatic rings. The zero-order valence-electron chi connectivity index (χ0n) is 11.6. The highest BCUT2D eigenvalue weighted by atomic mass is 16.5. The summed E-state index contributed by atoms with van der Waals surface area (Å²) < 4.78 is 5.40. The molecular weight excluding hydrogens is 240 g/mol. The van der Waals surface area contributed by atoms with E-state index in [-0.39, 0.29) is 18.0 Å². The maximum Gasteiger partial charge on any atom is 0.241 e. The van der Waals surface area contributed by atoms with Gasteiger partial charge in [0, 0.05) is 18.3 Å². The third-order valence-electron chi connectivity index (χ3n) is 3.36. The maximum atomic E-state index is 12.1. The fourth-order valence-corrected chi connectivity index (χ4v) is 2.19. The molecule has 0 bridgehead atoms. The topological polar surface area (TPSA) is 50.4 Å². The summed E-state index contributed by atoms with van der Waals surface area (Å²) >= 11 is 0. The van der Waals surface area contributed by atoms with Crippen LogP contribution in [0.3, 0.4) is 0 Å². The molecule has 4 heteroatoms. The predicted molar refractivity (Wildman–Crippen MR) is 76.2 cm³/mol. The molecule has 2 atom stereocenters. The van der Waals surface area contributed by atoms with Gasteiger partial charge in [-0.15, -0.1) is 0 Å². The molecule has 2 rings (SSSR count). The van der Waals surface area contributed by atoms with Gasteiger partial charge >= 0.3 is 0 Å². The van der Waals surface area contributed by atoms with E-state index in [1.54, 1.807) is 0 Å². The summed E-state index contributed by atoms with van der Waals surface area (Å²) in [5, 5.41) is 6.23. The van der Waals surface area contributed by atoms with Gasteiger partial charge in [0.1, 0.15) is 0 Å². The summed E-state index contributed by atoms with van der Waals surface area (Å²) in [5.41, 5.74) is 2.02. The lowest BCUT2D eigenvalue weighted by Gasteiger charge is -2.26. The van der Waals surface area contributed by atoms with Crippen molar-refractivity contribution in [3.8, 4) is 0 Å². The van der Waals surface area contributed by atoms with Gasteiger partial charge in [-0.25, -0.2) is 0 Å². The summed E-state index contributed by atoms with van der Waals surface area (Å²) in [6.07, 6.45) is 2.13. The third kappa shape index (κ3) is 4.33. The molecule has 1 saturated heterocycles. The van der Waals surface area contributed by atoms with E-state index >= 15 is 0 Å². The molecule has 1 amide bonds. The minimum Gasteiger partial charge on any atom is -0.380 e. The van der Waals surface area contributed by atoms with Crippen molar-refractivity contribution in [1.82, 2.24) is 5.32 Å². The monoisotopic (exact) mass is 262 g/mol. The molecule has 1 aliphatic heterocycles. The Hall–Kier alpha value is -1.39. The van der Waals surface area contributed by atoms with Crippen LogP contribution in [-0.2, 0) is 9.53 Å². The van der Waals surface area contributed by atoms with Crippen LogP contribution in [0.25, 0.3) is 0 Å². The maximum absolute atomic E-state index is 12.1. The normalized spacial score (nSPS) is 20.8. The Morgan fingerprint density at radius 3 is 2.74 bits per heavy atom. The first-order chi connectivity index (χ1) is 9.15. The largest absolute Gasteiger partial charge is 0.380 e. The standard InChI is InChI=1S/C15H22N2O2/c1-11-5-7-13(8-6-11)17-15(18)12(2)16-14-4-3-9-19-10-14/h5-8,12,14,16H,3-4,9-10H2,1-2H3,(H,17,18). The van der Waals surface area contributed by atoms with E-state index in [0.717, 1.165) is 25.1 Å². The first-order valence-corrected chi connectivity index (χ1v) is 6.86. The fourth-order valence-electron chi connectivity index (χ4n) is 2.19. The Balaban J connectivity index is 1.83. The van der Waals surface area contributed by atoms with Crippen LogP contribution in [0.15, 0.2) is 24.3 Å². The number of aryl methyl sites for hydroxylation is 1. The van der Waals surface area contributed by atoms with Gasteiger partial charge < -0.3 is 15.4 Å². The number of hydrogen-bond donors (Lipinski definition) is 2. The van der Waals surface area contributed by atoms with Crippen LogP contribution in [0.4, 0.5) is 5.69 Å². The molecule has 0 spiro atoms. The van der Waals surface area contributed by atoms with Crippen molar-refractivity contribution in [3.63, 3.8) is 0 Å². The number of amides is 1. The van der Waals surface area contributed by atoms with Crippen LogP contribution in [0.1, 0.15) is 25.3 Å². The Labute approximate surface area is 114 Å². The van der Waals surface area contributed by atoms with Crippen molar-refractivity contribution >= 4 is 11.6 Å². The van der Waals surface area contributed by atoms with Crippen LogP contribution >= 0.6 is 0 Å². The first kappa shape index (κ1) is 14.0. The van der Waals surface area contributed by atoms with Crippen molar-refractivity contribution < 1.29 is 9.53 Å². The number of anilines is 1. The van der Waals surface area contributed by atoms with E-state index in [9.17, 15) is 4.79 Å². The molecule has 0 aromatic heterocycles. The summed E-state index contributed by atoms with van der Waals surface area (Å²) in [7, 11) is 0. The number of carbonyl (C=O) groups excluding carboxylic acids is 1. The third-order valence-corrected chi connectivity index (χ3v) is 3.36. The van der Waals surface area contributed by atoms with Crippen LogP contribution in [0.5, 0.6) is 0 Å². The number of ether oxygens (including phenoxy) is 1. The zero-order valence-corrected chi connectivity index (χ0v) is 11.6. The molecule has 2 N–H and O–H groups in total. The van der Waals surface area contributed by atoms with Gasteiger partial charge in [-0.05, 0) is 38.8 Å². The number of nitrogens with one attached hydrogen (secondary N) is 2. The van der Waals surface area contributed by atoms with E-state index in [1.807, 2.05) is 38.1 Å². The highest BCUT2D eigenvalue weighted by Crippen LogP contribution is 2.10. The zero-order chi connectivity index (χ0) is 13.7. The average molecular weight is 262 g/mol. The fraction of sp³-hybridized carbons (Fsp3) is 0.533. The van der Waals surface area contributed by atoms with Crippen molar-refractivity contribution in [3.05, 3.63) is 29.8 Å². The number of rotatable bonds is 4. The summed E-state index contributed by atoms with van der Waals surface area (Å²) in [6, 6.07) is 7.89. The highest BCUT2D eigenvalue weighted by Gasteiger charge is 2.20. The quantitative estimate of drug-likeness (QED) is 0.873. The van der Waals surface area contributed by atoms with Gasteiger partial charge in [-0.3, -0.25) is 4.79 Å². The molecule has 1 aromatic carbocycles. The van der Waals surface area contributed by atoms with Gasteiger partial charge in [0.2, 0.25) is 5.91 Å². The van der Waals surface area contributed by atoms with Gasteiger partial charge in [-0.1, -0.05) is 17.7 Å². The Morgan fingerprint density at radius 1 is 1.37 bits per heavy atom. The highest BCUT2D eigenvalue weighted by molar-refractivity contribution is 5.94. The second kappa shape index (κ2) is 6.68.